The summed E-state index contributed by atoms with van der Waals surface area (Å²) in [4.78, 5) is 0. The van der Waals surface area contributed by atoms with Gasteiger partial charge in [-0.1, -0.05) is 45.4 Å². The summed E-state index contributed by atoms with van der Waals surface area (Å²) in [5.41, 5.74) is 0.826. The third-order valence-electron chi connectivity index (χ3n) is 5.46. The van der Waals surface area contributed by atoms with Gasteiger partial charge in [0.1, 0.15) is 0 Å². The zero-order valence-electron chi connectivity index (χ0n) is 16.3. The molecule has 1 N–H and O–H groups in total. The second-order valence-corrected chi connectivity index (χ2v) is 11.3. The molecular weight excluding hydrogens is 468 g/mol. The first-order valence-corrected chi connectivity index (χ1v) is 12.5. The molecule has 0 aromatic heterocycles. The molecule has 1 aliphatic rings. The molecule has 0 bridgehead atoms. The van der Waals surface area contributed by atoms with Gasteiger partial charge in [-0.05, 0) is 89.6 Å². The van der Waals surface area contributed by atoms with Gasteiger partial charge < -0.3 is 9.61 Å². The summed E-state index contributed by atoms with van der Waals surface area (Å²) in [6, 6.07) is 17.5. The SMILES string of the molecule is CC(C)[C@H]1CC[C@@H](C)C[C@@H]1O[P@](=O)(Nc1ccc(I)cc1)c1ccccc1. The topological polar surface area (TPSA) is 38.3 Å². The van der Waals surface area contributed by atoms with E-state index in [0.29, 0.717) is 17.8 Å². The Morgan fingerprint density at radius 3 is 2.37 bits per heavy atom. The van der Waals surface area contributed by atoms with E-state index in [2.05, 4.69) is 48.4 Å². The molecule has 0 radical (unpaired) electrons. The van der Waals surface area contributed by atoms with Crippen LogP contribution >= 0.6 is 30.1 Å². The summed E-state index contributed by atoms with van der Waals surface area (Å²) < 4.78 is 21.7. The Bertz CT molecular complexity index is 779. The molecule has 3 rings (SSSR count). The van der Waals surface area contributed by atoms with E-state index in [9.17, 15) is 4.57 Å². The highest BCUT2D eigenvalue weighted by atomic mass is 127. The molecule has 5 heteroatoms. The maximum atomic E-state index is 14.1. The summed E-state index contributed by atoms with van der Waals surface area (Å²) in [6.45, 7) is 6.76. The van der Waals surface area contributed by atoms with Crippen LogP contribution in [-0.2, 0) is 9.09 Å². The number of rotatable bonds is 6. The molecule has 0 amide bonds. The van der Waals surface area contributed by atoms with Crippen molar-refractivity contribution in [2.24, 2.45) is 17.8 Å². The lowest BCUT2D eigenvalue weighted by Crippen LogP contribution is -2.35. The van der Waals surface area contributed by atoms with Gasteiger partial charge in [-0.15, -0.1) is 0 Å². The molecule has 1 saturated carbocycles. The number of hydrogen-bond acceptors (Lipinski definition) is 2. The van der Waals surface area contributed by atoms with Crippen LogP contribution in [0.1, 0.15) is 40.0 Å². The molecule has 3 nitrogen and oxygen atoms in total. The van der Waals surface area contributed by atoms with E-state index in [0.717, 1.165) is 27.4 Å². The van der Waals surface area contributed by atoms with E-state index in [4.69, 9.17) is 4.52 Å². The van der Waals surface area contributed by atoms with Crippen molar-refractivity contribution in [1.29, 1.82) is 0 Å². The first kappa shape index (κ1) is 20.9. The number of benzene rings is 2. The van der Waals surface area contributed by atoms with Crippen LogP contribution in [-0.4, -0.2) is 6.10 Å². The van der Waals surface area contributed by atoms with Crippen molar-refractivity contribution in [1.82, 2.24) is 0 Å². The summed E-state index contributed by atoms with van der Waals surface area (Å²) in [6.07, 6.45) is 3.34. The smallest absolute Gasteiger partial charge is 0.312 e. The molecule has 0 aliphatic heterocycles. The number of anilines is 1. The third-order valence-corrected chi connectivity index (χ3v) is 8.28. The summed E-state index contributed by atoms with van der Waals surface area (Å²) in [5, 5.41) is 3.98. The predicted molar refractivity (Wildman–Crippen MR) is 123 cm³/mol. The average Bonchev–Trinajstić information content (AvgIpc) is 2.64. The van der Waals surface area contributed by atoms with E-state index in [-0.39, 0.29) is 6.10 Å². The van der Waals surface area contributed by atoms with Gasteiger partial charge in [0.2, 0.25) is 0 Å². The maximum Gasteiger partial charge on any atom is 0.324 e. The van der Waals surface area contributed by atoms with Crippen molar-refractivity contribution in [2.45, 2.75) is 46.1 Å². The van der Waals surface area contributed by atoms with Crippen molar-refractivity contribution < 1.29 is 9.09 Å². The molecular formula is C22H29INO2P. The van der Waals surface area contributed by atoms with Crippen molar-refractivity contribution in [3.8, 4) is 0 Å². The second kappa shape index (κ2) is 9.11. The molecule has 4 atom stereocenters. The first-order chi connectivity index (χ1) is 12.9. The van der Waals surface area contributed by atoms with Crippen molar-refractivity contribution >= 4 is 41.1 Å². The fourth-order valence-corrected chi connectivity index (χ4v) is 6.24. The molecule has 146 valence electrons. The normalized spacial score (nSPS) is 25.1. The maximum absolute atomic E-state index is 14.1. The fourth-order valence-electron chi connectivity index (χ4n) is 3.90. The largest absolute Gasteiger partial charge is 0.324 e. The van der Waals surface area contributed by atoms with E-state index >= 15 is 0 Å². The molecule has 0 heterocycles. The van der Waals surface area contributed by atoms with E-state index in [1.807, 2.05) is 54.6 Å². The van der Waals surface area contributed by atoms with Gasteiger partial charge in [0.25, 0.3) is 0 Å². The first-order valence-electron chi connectivity index (χ1n) is 9.75. The molecule has 1 fully saturated rings. The molecule has 1 aliphatic carbocycles. The minimum Gasteiger partial charge on any atom is -0.312 e. The van der Waals surface area contributed by atoms with Crippen LogP contribution in [0.3, 0.4) is 0 Å². The Kier molecular flexibility index (Phi) is 7.04. The Morgan fingerprint density at radius 1 is 1.07 bits per heavy atom. The van der Waals surface area contributed by atoms with Crippen LogP contribution in [0.25, 0.3) is 0 Å². The standard InChI is InChI=1S/C22H29INO2P/c1-16(2)21-14-9-17(3)15-22(21)26-27(25,20-7-5-4-6-8-20)24-19-12-10-18(23)11-13-19/h4-8,10-13,16-17,21-22H,9,14-15H2,1-3H3,(H,24,25)/t17-,21-,22+,27+/m1/s1. The van der Waals surface area contributed by atoms with Gasteiger partial charge in [0, 0.05) is 9.26 Å². The van der Waals surface area contributed by atoms with Crippen LogP contribution in [0.15, 0.2) is 54.6 Å². The van der Waals surface area contributed by atoms with Gasteiger partial charge in [0.15, 0.2) is 0 Å². The van der Waals surface area contributed by atoms with Crippen molar-refractivity contribution in [3.63, 3.8) is 0 Å². The zero-order chi connectivity index (χ0) is 19.4. The molecule has 0 unspecified atom stereocenters. The van der Waals surface area contributed by atoms with Gasteiger partial charge in [-0.2, -0.15) is 0 Å². The Morgan fingerprint density at radius 2 is 1.74 bits per heavy atom. The molecule has 2 aromatic rings. The minimum absolute atomic E-state index is 0.0103. The highest BCUT2D eigenvalue weighted by Crippen LogP contribution is 2.51. The van der Waals surface area contributed by atoms with Crippen LogP contribution in [0.2, 0.25) is 0 Å². The average molecular weight is 497 g/mol. The van der Waals surface area contributed by atoms with Gasteiger partial charge >= 0.3 is 7.52 Å². The number of halogens is 1. The zero-order valence-corrected chi connectivity index (χ0v) is 19.3. The van der Waals surface area contributed by atoms with Crippen LogP contribution < -0.4 is 10.4 Å². The lowest BCUT2D eigenvalue weighted by atomic mass is 9.75. The summed E-state index contributed by atoms with van der Waals surface area (Å²) >= 11 is 2.27. The van der Waals surface area contributed by atoms with Gasteiger partial charge in [-0.25, -0.2) is 0 Å². The van der Waals surface area contributed by atoms with Gasteiger partial charge in [-0.3, -0.25) is 4.57 Å². The quantitative estimate of drug-likeness (QED) is 0.357. The van der Waals surface area contributed by atoms with E-state index < -0.39 is 7.52 Å². The Labute approximate surface area is 176 Å². The van der Waals surface area contributed by atoms with Crippen LogP contribution in [0, 0.1) is 21.3 Å². The van der Waals surface area contributed by atoms with Crippen LogP contribution in [0.4, 0.5) is 5.69 Å². The second-order valence-electron chi connectivity index (χ2n) is 7.98. The van der Waals surface area contributed by atoms with Gasteiger partial charge in [0.05, 0.1) is 11.4 Å². The van der Waals surface area contributed by atoms with E-state index in [1.54, 1.807) is 0 Å². The third kappa shape index (κ3) is 5.36. The Hall–Kier alpha value is -0.840. The molecule has 0 spiro atoms. The molecule has 27 heavy (non-hydrogen) atoms. The summed E-state index contributed by atoms with van der Waals surface area (Å²) in [5.74, 6) is 1.56. The number of nitrogens with one attached hydrogen (secondary N) is 1. The van der Waals surface area contributed by atoms with E-state index in [1.165, 1.54) is 6.42 Å². The minimum atomic E-state index is -3.23. The monoisotopic (exact) mass is 497 g/mol. The Balaban J connectivity index is 1.91. The van der Waals surface area contributed by atoms with Crippen molar-refractivity contribution in [3.05, 3.63) is 58.2 Å². The highest BCUT2D eigenvalue weighted by Gasteiger charge is 2.38. The lowest BCUT2D eigenvalue weighted by Gasteiger charge is -2.39. The van der Waals surface area contributed by atoms with Crippen LogP contribution in [0.5, 0.6) is 0 Å². The summed E-state index contributed by atoms with van der Waals surface area (Å²) in [7, 11) is -3.23. The number of hydrogen-bond donors (Lipinski definition) is 1. The predicted octanol–water partition coefficient (Wildman–Crippen LogP) is 6.70. The fraction of sp³-hybridized carbons (Fsp3) is 0.455. The molecule has 2 aromatic carbocycles. The molecule has 0 saturated heterocycles. The van der Waals surface area contributed by atoms with Crippen molar-refractivity contribution in [2.75, 3.05) is 5.09 Å². The lowest BCUT2D eigenvalue weighted by molar-refractivity contribution is 0.0506. The highest BCUT2D eigenvalue weighted by molar-refractivity contribution is 14.1.